The summed E-state index contributed by atoms with van der Waals surface area (Å²) in [7, 11) is 0. The molecule has 6 heteroatoms. The fraction of sp³-hybridized carbons (Fsp3) is 0.389. The molecule has 0 saturated carbocycles. The van der Waals surface area contributed by atoms with E-state index in [-0.39, 0.29) is 11.9 Å². The minimum atomic E-state index is -0.862. The van der Waals surface area contributed by atoms with Crippen LogP contribution in [0.4, 0.5) is 0 Å². The van der Waals surface area contributed by atoms with Gasteiger partial charge in [0.25, 0.3) is 5.91 Å². The Balaban J connectivity index is 2.22. The van der Waals surface area contributed by atoms with Crippen LogP contribution in [-0.4, -0.2) is 33.8 Å². The molecule has 0 radical (unpaired) electrons. The van der Waals surface area contributed by atoms with Crippen LogP contribution in [0.3, 0.4) is 0 Å². The Labute approximate surface area is 141 Å². The smallest absolute Gasteiger partial charge is 0.342 e. The number of ether oxygens (including phenoxy) is 1. The molecule has 6 nitrogen and oxygen atoms in total. The number of rotatable bonds is 5. The Kier molecular flexibility index (Phi) is 5.39. The molecule has 0 unspecified atom stereocenters. The number of para-hydroxylation sites is 1. The molecule has 1 aromatic carbocycles. The second-order valence-electron chi connectivity index (χ2n) is 6.00. The number of hydrogen-bond acceptors (Lipinski definition) is 4. The minimum Gasteiger partial charge on any atom is -0.449 e. The zero-order valence-corrected chi connectivity index (χ0v) is 14.7. The molecule has 1 heterocycles. The van der Waals surface area contributed by atoms with E-state index < -0.39 is 12.1 Å². The van der Waals surface area contributed by atoms with Gasteiger partial charge in [0.15, 0.2) is 6.10 Å². The second-order valence-corrected chi connectivity index (χ2v) is 6.00. The van der Waals surface area contributed by atoms with E-state index in [1.54, 1.807) is 18.5 Å². The normalized spacial score (nSPS) is 12.1. The maximum absolute atomic E-state index is 12.5. The maximum Gasteiger partial charge on any atom is 0.342 e. The molecule has 2 aromatic rings. The number of hydrogen-bond donors (Lipinski definition) is 1. The zero-order chi connectivity index (χ0) is 17.9. The van der Waals surface area contributed by atoms with Gasteiger partial charge in [-0.25, -0.2) is 9.48 Å². The first-order valence-electron chi connectivity index (χ1n) is 7.94. The summed E-state index contributed by atoms with van der Waals surface area (Å²) in [5.74, 6) is -0.859. The van der Waals surface area contributed by atoms with Crippen molar-refractivity contribution in [3.05, 3.63) is 47.3 Å². The van der Waals surface area contributed by atoms with Crippen molar-refractivity contribution in [3.63, 3.8) is 0 Å². The fourth-order valence-corrected chi connectivity index (χ4v) is 2.43. The van der Waals surface area contributed by atoms with Crippen molar-refractivity contribution in [2.24, 2.45) is 0 Å². The van der Waals surface area contributed by atoms with E-state index >= 15 is 0 Å². The molecule has 1 aromatic heterocycles. The van der Waals surface area contributed by atoms with Gasteiger partial charge in [-0.3, -0.25) is 4.79 Å². The molecule has 0 aliphatic rings. The van der Waals surface area contributed by atoms with Crippen molar-refractivity contribution in [1.82, 2.24) is 15.1 Å². The monoisotopic (exact) mass is 329 g/mol. The summed E-state index contributed by atoms with van der Waals surface area (Å²) in [6.07, 6.45) is -0.862. The predicted octanol–water partition coefficient (Wildman–Crippen LogP) is 2.56. The number of nitrogens with zero attached hydrogens (tertiary/aromatic N) is 2. The summed E-state index contributed by atoms with van der Waals surface area (Å²) < 4.78 is 7.00. The van der Waals surface area contributed by atoms with Crippen molar-refractivity contribution in [3.8, 4) is 5.69 Å². The molecule has 0 aliphatic heterocycles. The van der Waals surface area contributed by atoms with E-state index in [9.17, 15) is 9.59 Å². The Morgan fingerprint density at radius 2 is 1.75 bits per heavy atom. The molecule has 1 atom stereocenters. The lowest BCUT2D eigenvalue weighted by Crippen LogP contribution is -2.39. The molecule has 1 N–H and O–H groups in total. The first-order valence-corrected chi connectivity index (χ1v) is 7.94. The van der Waals surface area contributed by atoms with Crippen molar-refractivity contribution in [1.29, 1.82) is 0 Å². The average Bonchev–Trinajstić information content (AvgIpc) is 2.82. The molecular weight excluding hydrogens is 306 g/mol. The summed E-state index contributed by atoms with van der Waals surface area (Å²) in [6.45, 7) is 8.82. The van der Waals surface area contributed by atoms with Crippen LogP contribution in [0.2, 0.25) is 0 Å². The quantitative estimate of drug-likeness (QED) is 0.856. The SMILES string of the molecule is Cc1nn(-c2ccccc2)c(C)c1C(=O)O[C@H](C)C(=O)NC(C)C. The number of carbonyl (C=O) groups is 2. The van der Waals surface area contributed by atoms with Crippen LogP contribution in [0.1, 0.15) is 42.5 Å². The zero-order valence-electron chi connectivity index (χ0n) is 14.7. The third-order valence-electron chi connectivity index (χ3n) is 3.58. The highest BCUT2D eigenvalue weighted by Gasteiger charge is 2.25. The number of amides is 1. The first-order chi connectivity index (χ1) is 11.3. The van der Waals surface area contributed by atoms with Gasteiger partial charge >= 0.3 is 5.97 Å². The van der Waals surface area contributed by atoms with E-state index in [0.29, 0.717) is 17.0 Å². The Morgan fingerprint density at radius 1 is 1.12 bits per heavy atom. The molecule has 0 spiro atoms. The lowest BCUT2D eigenvalue weighted by Gasteiger charge is -2.15. The summed E-state index contributed by atoms with van der Waals surface area (Å²) in [5, 5.41) is 7.14. The summed E-state index contributed by atoms with van der Waals surface area (Å²) in [4.78, 5) is 24.4. The van der Waals surface area contributed by atoms with Crippen LogP contribution < -0.4 is 5.32 Å². The number of nitrogens with one attached hydrogen (secondary N) is 1. The van der Waals surface area contributed by atoms with Gasteiger partial charge in [0, 0.05) is 6.04 Å². The van der Waals surface area contributed by atoms with Gasteiger partial charge in [0.1, 0.15) is 5.56 Å². The topological polar surface area (TPSA) is 73.2 Å². The average molecular weight is 329 g/mol. The molecule has 0 bridgehead atoms. The van der Waals surface area contributed by atoms with Crippen molar-refractivity contribution < 1.29 is 14.3 Å². The van der Waals surface area contributed by atoms with Gasteiger partial charge in [-0.05, 0) is 46.8 Å². The van der Waals surface area contributed by atoms with Gasteiger partial charge in [-0.2, -0.15) is 5.10 Å². The largest absolute Gasteiger partial charge is 0.449 e. The van der Waals surface area contributed by atoms with E-state index in [0.717, 1.165) is 5.69 Å². The van der Waals surface area contributed by atoms with Gasteiger partial charge in [-0.1, -0.05) is 18.2 Å². The number of aromatic nitrogens is 2. The van der Waals surface area contributed by atoms with Gasteiger partial charge in [-0.15, -0.1) is 0 Å². The highest BCUT2D eigenvalue weighted by molar-refractivity contribution is 5.94. The Morgan fingerprint density at radius 3 is 2.33 bits per heavy atom. The second kappa shape index (κ2) is 7.29. The maximum atomic E-state index is 12.5. The molecule has 0 aliphatic carbocycles. The first kappa shape index (κ1) is 17.7. The molecular formula is C18H23N3O3. The third-order valence-corrected chi connectivity index (χ3v) is 3.58. The van der Waals surface area contributed by atoms with Gasteiger partial charge in [0.2, 0.25) is 0 Å². The van der Waals surface area contributed by atoms with Crippen molar-refractivity contribution in [2.75, 3.05) is 0 Å². The van der Waals surface area contributed by atoms with Gasteiger partial charge in [0.05, 0.1) is 17.1 Å². The van der Waals surface area contributed by atoms with Crippen LogP contribution >= 0.6 is 0 Å². The van der Waals surface area contributed by atoms with Crippen molar-refractivity contribution >= 4 is 11.9 Å². The van der Waals surface area contributed by atoms with E-state index in [4.69, 9.17) is 4.74 Å². The van der Waals surface area contributed by atoms with Gasteiger partial charge < -0.3 is 10.1 Å². The highest BCUT2D eigenvalue weighted by atomic mass is 16.5. The Bertz CT molecular complexity index is 735. The standard InChI is InChI=1S/C18H23N3O3/c1-11(2)19-17(22)14(5)24-18(23)16-12(3)20-21(13(16)4)15-9-7-6-8-10-15/h6-11,14H,1-5H3,(H,19,22)/t14-/m1/s1. The summed E-state index contributed by atoms with van der Waals surface area (Å²) in [6, 6.07) is 9.53. The molecule has 0 saturated heterocycles. The number of esters is 1. The lowest BCUT2D eigenvalue weighted by atomic mass is 10.2. The third kappa shape index (κ3) is 3.82. The number of benzene rings is 1. The number of aryl methyl sites for hydroxylation is 1. The predicted molar refractivity (Wildman–Crippen MR) is 91.2 cm³/mol. The van der Waals surface area contributed by atoms with Crippen LogP contribution in [0.5, 0.6) is 0 Å². The summed E-state index contributed by atoms with van der Waals surface area (Å²) in [5.41, 5.74) is 2.50. The van der Waals surface area contributed by atoms with Crippen LogP contribution in [-0.2, 0) is 9.53 Å². The molecule has 24 heavy (non-hydrogen) atoms. The highest BCUT2D eigenvalue weighted by Crippen LogP contribution is 2.19. The molecule has 128 valence electrons. The van der Waals surface area contributed by atoms with Crippen LogP contribution in [0, 0.1) is 13.8 Å². The van der Waals surface area contributed by atoms with E-state index in [1.807, 2.05) is 51.1 Å². The van der Waals surface area contributed by atoms with Crippen LogP contribution in [0.15, 0.2) is 30.3 Å². The van der Waals surface area contributed by atoms with Crippen LogP contribution in [0.25, 0.3) is 5.69 Å². The molecule has 0 fully saturated rings. The molecule has 1 amide bonds. The Hall–Kier alpha value is -2.63. The fourth-order valence-electron chi connectivity index (χ4n) is 2.43. The summed E-state index contributed by atoms with van der Waals surface area (Å²) >= 11 is 0. The minimum absolute atomic E-state index is 0.0112. The van der Waals surface area contributed by atoms with Crippen molar-refractivity contribution in [2.45, 2.75) is 46.8 Å². The molecule has 2 rings (SSSR count). The van der Waals surface area contributed by atoms with E-state index in [1.165, 1.54) is 0 Å². The lowest BCUT2D eigenvalue weighted by molar-refractivity contribution is -0.129. The van der Waals surface area contributed by atoms with E-state index in [2.05, 4.69) is 10.4 Å². The number of carbonyl (C=O) groups excluding carboxylic acids is 2.